The second kappa shape index (κ2) is 6.29. The molecular weight excluding hydrogens is 381 g/mol. The van der Waals surface area contributed by atoms with E-state index in [1.807, 2.05) is 11.4 Å². The Morgan fingerprint density at radius 1 is 1.11 bits per heavy atom. The third-order valence-electron chi connectivity index (χ3n) is 4.98. The highest BCUT2D eigenvalue weighted by atomic mass is 35.5. The number of hydrogen-bond donors (Lipinski definition) is 0. The fourth-order valence-corrected chi connectivity index (χ4v) is 4.96. The van der Waals surface area contributed by atoms with Crippen LogP contribution in [0.25, 0.3) is 21.3 Å². The number of fused-ring (bicyclic) bond motifs is 2. The van der Waals surface area contributed by atoms with Crippen molar-refractivity contribution in [3.63, 3.8) is 0 Å². The number of hydrogen-bond acceptors (Lipinski definition) is 4. The van der Waals surface area contributed by atoms with Crippen molar-refractivity contribution in [1.82, 2.24) is 9.97 Å². The standard InChI is InChI=1S/C21H15ClFN3S/c1-12-10-14-4-2-3-5-17(14)26(12)19-18-16(13-6-8-15(23)9-7-13)11-27-20(18)25-21(22)24-19/h2-9,11-12H,10H2,1H3. The predicted molar refractivity (Wildman–Crippen MR) is 110 cm³/mol. The van der Waals surface area contributed by atoms with Crippen LogP contribution in [-0.2, 0) is 6.42 Å². The van der Waals surface area contributed by atoms with Crippen molar-refractivity contribution in [1.29, 1.82) is 0 Å². The monoisotopic (exact) mass is 395 g/mol. The summed E-state index contributed by atoms with van der Waals surface area (Å²) in [7, 11) is 0. The Hall–Kier alpha value is -2.50. The Morgan fingerprint density at radius 2 is 1.89 bits per heavy atom. The minimum Gasteiger partial charge on any atom is -0.322 e. The van der Waals surface area contributed by atoms with Gasteiger partial charge in [0, 0.05) is 22.7 Å². The molecule has 0 saturated heterocycles. The van der Waals surface area contributed by atoms with Crippen molar-refractivity contribution >= 4 is 44.7 Å². The Morgan fingerprint density at radius 3 is 2.70 bits per heavy atom. The van der Waals surface area contributed by atoms with E-state index >= 15 is 0 Å². The molecule has 0 spiro atoms. The zero-order valence-electron chi connectivity index (χ0n) is 14.5. The number of benzene rings is 2. The molecule has 1 unspecified atom stereocenters. The number of thiophene rings is 1. The number of aromatic nitrogens is 2. The molecule has 1 aliphatic heterocycles. The van der Waals surface area contributed by atoms with Gasteiger partial charge in [0.2, 0.25) is 5.28 Å². The van der Waals surface area contributed by atoms with E-state index in [9.17, 15) is 4.39 Å². The van der Waals surface area contributed by atoms with Crippen LogP contribution < -0.4 is 4.90 Å². The van der Waals surface area contributed by atoms with Crippen LogP contribution >= 0.6 is 22.9 Å². The average molecular weight is 396 g/mol. The lowest BCUT2D eigenvalue weighted by molar-refractivity contribution is 0.628. The zero-order valence-corrected chi connectivity index (χ0v) is 16.1. The summed E-state index contributed by atoms with van der Waals surface area (Å²) < 4.78 is 13.4. The molecule has 0 N–H and O–H groups in total. The summed E-state index contributed by atoms with van der Waals surface area (Å²) in [6.07, 6.45) is 0.954. The van der Waals surface area contributed by atoms with Crippen molar-refractivity contribution in [2.75, 3.05) is 4.90 Å². The Bertz CT molecular complexity index is 1160. The van der Waals surface area contributed by atoms with E-state index in [1.54, 1.807) is 12.1 Å². The lowest BCUT2D eigenvalue weighted by Gasteiger charge is -2.25. The fourth-order valence-electron chi connectivity index (χ4n) is 3.80. The van der Waals surface area contributed by atoms with Gasteiger partial charge < -0.3 is 4.90 Å². The van der Waals surface area contributed by atoms with E-state index in [4.69, 9.17) is 11.6 Å². The number of para-hydroxylation sites is 1. The molecule has 4 aromatic rings. The van der Waals surface area contributed by atoms with Crippen LogP contribution in [0.1, 0.15) is 12.5 Å². The predicted octanol–water partition coefficient (Wildman–Crippen LogP) is 6.23. The highest BCUT2D eigenvalue weighted by Gasteiger charge is 2.30. The summed E-state index contributed by atoms with van der Waals surface area (Å²) in [5.41, 5.74) is 4.39. The second-order valence-electron chi connectivity index (χ2n) is 6.70. The number of rotatable bonds is 2. The maximum atomic E-state index is 13.4. The van der Waals surface area contributed by atoms with Crippen LogP contribution in [0, 0.1) is 5.82 Å². The molecule has 0 saturated carbocycles. The first-order chi connectivity index (χ1) is 13.1. The van der Waals surface area contributed by atoms with Gasteiger partial charge in [-0.1, -0.05) is 30.3 Å². The molecule has 1 aliphatic rings. The van der Waals surface area contributed by atoms with Crippen molar-refractivity contribution < 1.29 is 4.39 Å². The van der Waals surface area contributed by atoms with Crippen LogP contribution in [0.4, 0.5) is 15.9 Å². The van der Waals surface area contributed by atoms with E-state index in [0.29, 0.717) is 0 Å². The van der Waals surface area contributed by atoms with E-state index in [0.717, 1.165) is 39.3 Å². The summed E-state index contributed by atoms with van der Waals surface area (Å²) >= 11 is 7.79. The molecule has 0 bridgehead atoms. The summed E-state index contributed by atoms with van der Waals surface area (Å²) in [5.74, 6) is 0.558. The van der Waals surface area contributed by atoms with Crippen molar-refractivity contribution in [3.8, 4) is 11.1 Å². The Kier molecular flexibility index (Phi) is 3.88. The van der Waals surface area contributed by atoms with Gasteiger partial charge in [0.15, 0.2) is 0 Å². The molecule has 0 amide bonds. The lowest BCUT2D eigenvalue weighted by Crippen LogP contribution is -2.25. The summed E-state index contributed by atoms with van der Waals surface area (Å²) in [5, 5.41) is 3.24. The SMILES string of the molecule is CC1Cc2ccccc2N1c1nc(Cl)nc2scc(-c3ccc(F)cc3)c12. The quantitative estimate of drug-likeness (QED) is 0.376. The van der Waals surface area contributed by atoms with Gasteiger partial charge in [0.1, 0.15) is 16.5 Å². The molecule has 0 radical (unpaired) electrons. The van der Waals surface area contributed by atoms with Crippen LogP contribution in [-0.4, -0.2) is 16.0 Å². The van der Waals surface area contributed by atoms with E-state index in [1.165, 1.54) is 29.0 Å². The minimum atomic E-state index is -0.250. The fraction of sp³-hybridized carbons (Fsp3) is 0.143. The third kappa shape index (κ3) is 2.69. The molecule has 2 aromatic heterocycles. The van der Waals surface area contributed by atoms with Crippen molar-refractivity contribution in [2.24, 2.45) is 0 Å². The highest BCUT2D eigenvalue weighted by Crippen LogP contribution is 2.44. The smallest absolute Gasteiger partial charge is 0.225 e. The molecule has 6 heteroatoms. The number of anilines is 2. The maximum Gasteiger partial charge on any atom is 0.225 e. The first kappa shape index (κ1) is 16.7. The number of halogens is 2. The molecule has 3 nitrogen and oxygen atoms in total. The van der Waals surface area contributed by atoms with Gasteiger partial charge in [-0.05, 0) is 54.3 Å². The molecular formula is C21H15ClFN3S. The molecule has 27 heavy (non-hydrogen) atoms. The molecule has 134 valence electrons. The van der Waals surface area contributed by atoms with E-state index < -0.39 is 0 Å². The Labute approximate surface area is 165 Å². The van der Waals surface area contributed by atoms with Gasteiger partial charge >= 0.3 is 0 Å². The van der Waals surface area contributed by atoms with E-state index in [2.05, 4.69) is 40.0 Å². The lowest BCUT2D eigenvalue weighted by atomic mass is 10.1. The first-order valence-corrected chi connectivity index (χ1v) is 9.95. The van der Waals surface area contributed by atoms with Crippen LogP contribution in [0.15, 0.2) is 53.9 Å². The van der Waals surface area contributed by atoms with E-state index in [-0.39, 0.29) is 17.1 Å². The van der Waals surface area contributed by atoms with Crippen LogP contribution in [0.5, 0.6) is 0 Å². The van der Waals surface area contributed by atoms with Gasteiger partial charge in [-0.25, -0.2) is 9.37 Å². The largest absolute Gasteiger partial charge is 0.322 e. The van der Waals surface area contributed by atoms with Gasteiger partial charge in [-0.2, -0.15) is 4.98 Å². The molecule has 3 heterocycles. The average Bonchev–Trinajstić information content (AvgIpc) is 3.22. The van der Waals surface area contributed by atoms with Crippen molar-refractivity contribution in [2.45, 2.75) is 19.4 Å². The van der Waals surface area contributed by atoms with Crippen LogP contribution in [0.3, 0.4) is 0 Å². The van der Waals surface area contributed by atoms with Gasteiger partial charge in [0.25, 0.3) is 0 Å². The normalized spacial score (nSPS) is 16.1. The summed E-state index contributed by atoms with van der Waals surface area (Å²) in [6, 6.07) is 15.2. The highest BCUT2D eigenvalue weighted by molar-refractivity contribution is 7.17. The van der Waals surface area contributed by atoms with Gasteiger partial charge in [-0.3, -0.25) is 0 Å². The molecule has 1 atom stereocenters. The van der Waals surface area contributed by atoms with Crippen molar-refractivity contribution in [3.05, 3.63) is 70.6 Å². The number of nitrogens with zero attached hydrogens (tertiary/aromatic N) is 3. The molecule has 0 aliphatic carbocycles. The minimum absolute atomic E-state index is 0.238. The molecule has 0 fully saturated rings. The first-order valence-electron chi connectivity index (χ1n) is 8.69. The molecule has 2 aromatic carbocycles. The van der Waals surface area contributed by atoms with Gasteiger partial charge in [0.05, 0.1) is 5.39 Å². The summed E-state index contributed by atoms with van der Waals surface area (Å²) in [4.78, 5) is 12.1. The topological polar surface area (TPSA) is 29.0 Å². The zero-order chi connectivity index (χ0) is 18.5. The third-order valence-corrected chi connectivity index (χ3v) is 6.02. The maximum absolute atomic E-state index is 13.4. The summed E-state index contributed by atoms with van der Waals surface area (Å²) in [6.45, 7) is 2.19. The molecule has 5 rings (SSSR count). The van der Waals surface area contributed by atoms with Crippen LogP contribution in [0.2, 0.25) is 5.28 Å². The second-order valence-corrected chi connectivity index (χ2v) is 7.90. The van der Waals surface area contributed by atoms with Gasteiger partial charge in [-0.15, -0.1) is 11.3 Å². The Balaban J connectivity index is 1.77.